The SMILES string of the molecule is CC(=O)N(CCN(C)C)c1ccc(N/C(=C2\C(=O)Nc3cc(Cl)ccc32)c2ccc(CCC(=O)O)cc2)cc1. The number of aryl methyl sites for hydroxylation is 1. The van der Waals surface area contributed by atoms with Gasteiger partial charge in [0.25, 0.3) is 5.91 Å². The Kier molecular flexibility index (Phi) is 8.69. The van der Waals surface area contributed by atoms with Crippen LogP contribution in [0.15, 0.2) is 66.7 Å². The minimum Gasteiger partial charge on any atom is -0.481 e. The van der Waals surface area contributed by atoms with Crippen LogP contribution in [-0.4, -0.2) is 55.0 Å². The van der Waals surface area contributed by atoms with Crippen LogP contribution in [0.4, 0.5) is 17.1 Å². The number of carbonyl (C=O) groups excluding carboxylic acids is 2. The van der Waals surface area contributed by atoms with Crippen molar-refractivity contribution in [2.75, 3.05) is 42.7 Å². The first-order chi connectivity index (χ1) is 18.6. The van der Waals surface area contributed by atoms with E-state index in [9.17, 15) is 14.4 Å². The molecular weight excluding hydrogens is 516 g/mol. The molecular formula is C30H31ClN4O4. The minimum atomic E-state index is -0.852. The summed E-state index contributed by atoms with van der Waals surface area (Å²) >= 11 is 6.16. The van der Waals surface area contributed by atoms with Crippen LogP contribution in [0.2, 0.25) is 5.02 Å². The predicted octanol–water partition coefficient (Wildman–Crippen LogP) is 5.20. The van der Waals surface area contributed by atoms with Gasteiger partial charge < -0.3 is 25.5 Å². The van der Waals surface area contributed by atoms with Crippen LogP contribution < -0.4 is 15.5 Å². The molecule has 1 aliphatic heterocycles. The Morgan fingerprint density at radius 2 is 1.67 bits per heavy atom. The van der Waals surface area contributed by atoms with Crippen molar-refractivity contribution in [3.05, 3.63) is 88.4 Å². The molecule has 39 heavy (non-hydrogen) atoms. The molecule has 3 aromatic carbocycles. The zero-order valence-corrected chi connectivity index (χ0v) is 22.9. The normalized spacial score (nSPS) is 13.6. The Hall–Kier alpha value is -4.14. The van der Waals surface area contributed by atoms with E-state index in [1.165, 1.54) is 0 Å². The third kappa shape index (κ3) is 6.85. The van der Waals surface area contributed by atoms with Gasteiger partial charge in [0.1, 0.15) is 0 Å². The number of halogens is 1. The monoisotopic (exact) mass is 546 g/mol. The Morgan fingerprint density at radius 1 is 0.974 bits per heavy atom. The molecule has 0 radical (unpaired) electrons. The van der Waals surface area contributed by atoms with Gasteiger partial charge >= 0.3 is 5.97 Å². The van der Waals surface area contributed by atoms with Crippen molar-refractivity contribution in [1.29, 1.82) is 0 Å². The van der Waals surface area contributed by atoms with Gasteiger partial charge in [0.2, 0.25) is 5.91 Å². The number of hydrogen-bond donors (Lipinski definition) is 3. The van der Waals surface area contributed by atoms with Crippen LogP contribution in [0.1, 0.15) is 30.0 Å². The zero-order valence-electron chi connectivity index (χ0n) is 22.1. The fourth-order valence-electron chi connectivity index (χ4n) is 4.40. The maximum Gasteiger partial charge on any atom is 0.303 e. The van der Waals surface area contributed by atoms with Crippen molar-refractivity contribution in [1.82, 2.24) is 4.90 Å². The van der Waals surface area contributed by atoms with Gasteiger partial charge in [-0.1, -0.05) is 41.9 Å². The third-order valence-electron chi connectivity index (χ3n) is 6.45. The van der Waals surface area contributed by atoms with E-state index in [1.54, 1.807) is 24.0 Å². The maximum atomic E-state index is 13.2. The predicted molar refractivity (Wildman–Crippen MR) is 156 cm³/mol. The van der Waals surface area contributed by atoms with Gasteiger partial charge in [-0.05, 0) is 68.0 Å². The summed E-state index contributed by atoms with van der Waals surface area (Å²) in [4.78, 5) is 40.2. The van der Waals surface area contributed by atoms with Gasteiger partial charge in [0.15, 0.2) is 0 Å². The van der Waals surface area contributed by atoms with Crippen molar-refractivity contribution in [3.63, 3.8) is 0 Å². The van der Waals surface area contributed by atoms with Crippen molar-refractivity contribution in [3.8, 4) is 0 Å². The number of likely N-dealkylation sites (N-methyl/N-ethyl adjacent to an activating group) is 1. The third-order valence-corrected chi connectivity index (χ3v) is 6.68. The highest BCUT2D eigenvalue weighted by molar-refractivity contribution is 6.38. The number of nitrogens with one attached hydrogen (secondary N) is 2. The second-order valence-electron chi connectivity index (χ2n) is 9.63. The first-order valence-electron chi connectivity index (χ1n) is 12.6. The van der Waals surface area contributed by atoms with Gasteiger partial charge in [-0.15, -0.1) is 0 Å². The number of carbonyl (C=O) groups is 3. The fraction of sp³-hybridized carbons (Fsp3) is 0.233. The van der Waals surface area contributed by atoms with Crippen LogP contribution in [0.5, 0.6) is 0 Å². The molecule has 0 spiro atoms. The summed E-state index contributed by atoms with van der Waals surface area (Å²) in [6.45, 7) is 2.85. The highest BCUT2D eigenvalue weighted by Gasteiger charge is 2.28. The molecule has 0 saturated carbocycles. The van der Waals surface area contributed by atoms with E-state index in [1.807, 2.05) is 73.6 Å². The Labute approximate surface area is 232 Å². The van der Waals surface area contributed by atoms with Crippen molar-refractivity contribution in [2.24, 2.45) is 0 Å². The Balaban J connectivity index is 1.70. The van der Waals surface area contributed by atoms with E-state index in [4.69, 9.17) is 16.7 Å². The zero-order chi connectivity index (χ0) is 28.1. The topological polar surface area (TPSA) is 102 Å². The molecule has 0 aliphatic carbocycles. The van der Waals surface area contributed by atoms with Crippen LogP contribution in [0.3, 0.4) is 0 Å². The molecule has 1 heterocycles. The molecule has 8 nitrogen and oxygen atoms in total. The molecule has 202 valence electrons. The highest BCUT2D eigenvalue weighted by atomic mass is 35.5. The second-order valence-corrected chi connectivity index (χ2v) is 10.1. The van der Waals surface area contributed by atoms with E-state index < -0.39 is 5.97 Å². The quantitative estimate of drug-likeness (QED) is 0.302. The summed E-state index contributed by atoms with van der Waals surface area (Å²) in [5.74, 6) is -1.15. The summed E-state index contributed by atoms with van der Waals surface area (Å²) in [7, 11) is 3.93. The molecule has 2 amide bonds. The Morgan fingerprint density at radius 3 is 2.28 bits per heavy atom. The van der Waals surface area contributed by atoms with E-state index in [2.05, 4.69) is 10.6 Å². The number of carboxylic acid groups (broad SMARTS) is 1. The fourth-order valence-corrected chi connectivity index (χ4v) is 4.57. The van der Waals surface area contributed by atoms with Crippen molar-refractivity contribution < 1.29 is 19.5 Å². The lowest BCUT2D eigenvalue weighted by atomic mass is 9.98. The summed E-state index contributed by atoms with van der Waals surface area (Å²) in [6.07, 6.45) is 0.457. The van der Waals surface area contributed by atoms with E-state index >= 15 is 0 Å². The number of fused-ring (bicyclic) bond motifs is 1. The molecule has 0 atom stereocenters. The van der Waals surface area contributed by atoms with Gasteiger partial charge in [0, 0.05) is 48.4 Å². The molecule has 4 rings (SSSR count). The average molecular weight is 547 g/mol. The largest absolute Gasteiger partial charge is 0.481 e. The van der Waals surface area contributed by atoms with Gasteiger partial charge in [-0.2, -0.15) is 0 Å². The molecule has 3 aromatic rings. The van der Waals surface area contributed by atoms with Crippen LogP contribution in [0.25, 0.3) is 11.3 Å². The molecule has 0 bridgehead atoms. The minimum absolute atomic E-state index is 0.0405. The molecule has 0 fully saturated rings. The summed E-state index contributed by atoms with van der Waals surface area (Å²) < 4.78 is 0. The number of rotatable bonds is 10. The smallest absolute Gasteiger partial charge is 0.303 e. The number of nitrogens with zero attached hydrogens (tertiary/aromatic N) is 2. The number of anilines is 3. The average Bonchev–Trinajstić information content (AvgIpc) is 3.21. The lowest BCUT2D eigenvalue weighted by molar-refractivity contribution is -0.137. The van der Waals surface area contributed by atoms with E-state index in [-0.39, 0.29) is 18.2 Å². The van der Waals surface area contributed by atoms with Gasteiger partial charge in [-0.25, -0.2) is 0 Å². The van der Waals surface area contributed by atoms with Crippen LogP contribution >= 0.6 is 11.6 Å². The number of amides is 2. The van der Waals surface area contributed by atoms with E-state index in [0.717, 1.165) is 34.6 Å². The molecule has 0 aromatic heterocycles. The molecule has 9 heteroatoms. The van der Waals surface area contributed by atoms with Crippen molar-refractivity contribution in [2.45, 2.75) is 19.8 Å². The lowest BCUT2D eigenvalue weighted by Crippen LogP contribution is -2.35. The molecule has 1 aliphatic rings. The first-order valence-corrected chi connectivity index (χ1v) is 13.0. The Bertz CT molecular complexity index is 1420. The molecule has 0 saturated heterocycles. The standard InChI is InChI=1S/C30H31ClN4O4/c1-19(36)35(17-16-34(2)3)24-12-10-23(11-13-24)32-29(21-7-4-20(5-8-21)6-15-27(37)38)28-25-14-9-22(31)18-26(25)33-30(28)39/h4-5,7-14,18,32H,6,15-17H2,1-3H3,(H,33,39)(H,37,38)/b29-28-. The number of carboxylic acids is 1. The lowest BCUT2D eigenvalue weighted by Gasteiger charge is -2.23. The van der Waals surface area contributed by atoms with Gasteiger partial charge in [-0.3, -0.25) is 14.4 Å². The van der Waals surface area contributed by atoms with Crippen LogP contribution in [0, 0.1) is 0 Å². The maximum absolute atomic E-state index is 13.2. The number of aliphatic carboxylic acids is 1. The van der Waals surface area contributed by atoms with Crippen LogP contribution in [-0.2, 0) is 20.8 Å². The number of hydrogen-bond acceptors (Lipinski definition) is 5. The summed E-state index contributed by atoms with van der Waals surface area (Å²) in [6, 6.07) is 20.3. The molecule has 0 unspecified atom stereocenters. The number of benzene rings is 3. The second kappa shape index (κ2) is 12.1. The summed E-state index contributed by atoms with van der Waals surface area (Å²) in [5, 5.41) is 15.8. The highest BCUT2D eigenvalue weighted by Crippen LogP contribution is 2.39. The van der Waals surface area contributed by atoms with Crippen molar-refractivity contribution >= 4 is 57.7 Å². The first kappa shape index (κ1) is 27.9. The summed E-state index contributed by atoms with van der Waals surface area (Å²) in [5.41, 5.74) is 5.61. The van der Waals surface area contributed by atoms with E-state index in [0.29, 0.717) is 34.9 Å². The van der Waals surface area contributed by atoms with Gasteiger partial charge in [0.05, 0.1) is 17.0 Å². The molecule has 3 N–H and O–H groups in total.